The van der Waals surface area contributed by atoms with E-state index in [1.165, 1.54) is 0 Å². The van der Waals surface area contributed by atoms with Gasteiger partial charge in [-0.05, 0) is 52.0 Å². The molecule has 0 amide bonds. The van der Waals surface area contributed by atoms with Crippen LogP contribution in [-0.4, -0.2) is 70.8 Å². The van der Waals surface area contributed by atoms with Crippen LogP contribution in [0.25, 0.3) is 22.4 Å². The molecule has 1 N–H and O–H groups in total. The van der Waals surface area contributed by atoms with Crippen molar-refractivity contribution in [3.8, 4) is 11.4 Å². The van der Waals surface area contributed by atoms with Crippen molar-refractivity contribution >= 4 is 16.9 Å². The fourth-order valence-electron chi connectivity index (χ4n) is 4.46. The lowest BCUT2D eigenvalue weighted by Crippen LogP contribution is -2.44. The lowest BCUT2D eigenvalue weighted by Gasteiger charge is -2.35. The summed E-state index contributed by atoms with van der Waals surface area (Å²) in [5.41, 5.74) is 3.07. The van der Waals surface area contributed by atoms with E-state index < -0.39 is 0 Å². The quantitative estimate of drug-likeness (QED) is 0.739. The average molecular weight is 393 g/mol. The van der Waals surface area contributed by atoms with E-state index >= 15 is 0 Å². The van der Waals surface area contributed by atoms with Crippen molar-refractivity contribution in [1.29, 1.82) is 0 Å². The molecular weight excluding hydrogens is 364 g/mol. The molecule has 0 aliphatic carbocycles. The summed E-state index contributed by atoms with van der Waals surface area (Å²) in [6.45, 7) is 6.77. The molecule has 2 fully saturated rings. The monoisotopic (exact) mass is 392 g/mol. The Hall–Kier alpha value is -2.51. The molecule has 5 heterocycles. The van der Waals surface area contributed by atoms with Crippen LogP contribution in [0.3, 0.4) is 0 Å². The SMILES string of the molecule is C[C@@H]1COCCN1c1cc(C2CCN(C)CC2)nc(-c2ccnc3[nH]ccc23)n1. The molecule has 2 saturated heterocycles. The number of hydrogen-bond donors (Lipinski definition) is 1. The zero-order valence-corrected chi connectivity index (χ0v) is 17.1. The number of fused-ring (bicyclic) bond motifs is 1. The van der Waals surface area contributed by atoms with E-state index in [-0.39, 0.29) is 0 Å². The number of nitrogens with zero attached hydrogens (tertiary/aromatic N) is 5. The fourth-order valence-corrected chi connectivity index (χ4v) is 4.46. The first kappa shape index (κ1) is 18.5. The smallest absolute Gasteiger partial charge is 0.162 e. The Morgan fingerprint density at radius 1 is 1.14 bits per heavy atom. The van der Waals surface area contributed by atoms with Crippen molar-refractivity contribution in [1.82, 2.24) is 24.8 Å². The molecule has 1 atom stereocenters. The number of morpholine rings is 1. The van der Waals surface area contributed by atoms with Gasteiger partial charge >= 0.3 is 0 Å². The van der Waals surface area contributed by atoms with Crippen LogP contribution in [0.2, 0.25) is 0 Å². The maximum Gasteiger partial charge on any atom is 0.162 e. The van der Waals surface area contributed by atoms with E-state index in [4.69, 9.17) is 14.7 Å². The Kier molecular flexibility index (Phi) is 4.93. The number of H-pyrrole nitrogens is 1. The van der Waals surface area contributed by atoms with E-state index in [1.54, 1.807) is 0 Å². The van der Waals surface area contributed by atoms with Gasteiger partial charge in [0.05, 0.1) is 19.3 Å². The summed E-state index contributed by atoms with van der Waals surface area (Å²) in [5.74, 6) is 2.29. The third-order valence-electron chi connectivity index (χ3n) is 6.23. The van der Waals surface area contributed by atoms with Crippen molar-refractivity contribution in [2.24, 2.45) is 0 Å². The highest BCUT2D eigenvalue weighted by molar-refractivity contribution is 5.91. The van der Waals surface area contributed by atoms with Crippen molar-refractivity contribution in [2.45, 2.75) is 31.7 Å². The number of pyridine rings is 1. The summed E-state index contributed by atoms with van der Waals surface area (Å²) in [7, 11) is 2.20. The number of ether oxygens (including phenoxy) is 1. The Morgan fingerprint density at radius 2 is 2.00 bits per heavy atom. The second kappa shape index (κ2) is 7.72. The average Bonchev–Trinajstić information content (AvgIpc) is 3.23. The summed E-state index contributed by atoms with van der Waals surface area (Å²) in [6, 6.07) is 6.61. The van der Waals surface area contributed by atoms with Crippen molar-refractivity contribution in [3.05, 3.63) is 36.3 Å². The van der Waals surface area contributed by atoms with E-state index in [0.29, 0.717) is 12.0 Å². The molecule has 0 saturated carbocycles. The molecule has 0 aromatic carbocycles. The zero-order chi connectivity index (χ0) is 19.8. The molecule has 0 spiro atoms. The number of aromatic nitrogens is 4. The molecule has 0 bridgehead atoms. The zero-order valence-electron chi connectivity index (χ0n) is 17.1. The summed E-state index contributed by atoms with van der Waals surface area (Å²) in [5, 5.41) is 1.06. The predicted molar refractivity (Wildman–Crippen MR) is 114 cm³/mol. The second-order valence-electron chi connectivity index (χ2n) is 8.27. The minimum Gasteiger partial charge on any atom is -0.377 e. The highest BCUT2D eigenvalue weighted by Crippen LogP contribution is 2.32. The Bertz CT molecular complexity index is 994. The van der Waals surface area contributed by atoms with Gasteiger partial charge in [-0.3, -0.25) is 0 Å². The van der Waals surface area contributed by atoms with Gasteiger partial charge in [0.1, 0.15) is 11.5 Å². The molecule has 3 aromatic heterocycles. The Balaban J connectivity index is 1.61. The van der Waals surface area contributed by atoms with Crippen LogP contribution in [0.4, 0.5) is 5.82 Å². The van der Waals surface area contributed by atoms with Crippen molar-refractivity contribution < 1.29 is 4.74 Å². The number of likely N-dealkylation sites (tertiary alicyclic amines) is 1. The van der Waals surface area contributed by atoms with E-state index in [2.05, 4.69) is 45.9 Å². The number of aromatic amines is 1. The molecule has 0 unspecified atom stereocenters. The summed E-state index contributed by atoms with van der Waals surface area (Å²) >= 11 is 0. The van der Waals surface area contributed by atoms with Crippen molar-refractivity contribution in [3.63, 3.8) is 0 Å². The normalized spacial score (nSPS) is 21.7. The van der Waals surface area contributed by atoms with Gasteiger partial charge in [-0.15, -0.1) is 0 Å². The standard InChI is InChI=1S/C22H28N6O/c1-15-14-29-12-11-28(15)20-13-19(16-5-9-27(2)10-6-16)25-22(26-20)18-4-8-24-21-17(18)3-7-23-21/h3-4,7-8,13,15-16H,5-6,9-12,14H2,1-2H3,(H,23,24)/t15-/m1/s1. The van der Waals surface area contributed by atoms with Crippen LogP contribution in [0.1, 0.15) is 31.4 Å². The minimum atomic E-state index is 0.307. The fraction of sp³-hybridized carbons (Fsp3) is 0.500. The van der Waals surface area contributed by atoms with E-state index in [0.717, 1.165) is 79.6 Å². The maximum absolute atomic E-state index is 5.65. The highest BCUT2D eigenvalue weighted by Gasteiger charge is 2.26. The van der Waals surface area contributed by atoms with Crippen LogP contribution < -0.4 is 4.90 Å². The number of rotatable bonds is 3. The number of hydrogen-bond acceptors (Lipinski definition) is 6. The van der Waals surface area contributed by atoms with Gasteiger partial charge in [-0.1, -0.05) is 0 Å². The van der Waals surface area contributed by atoms with Gasteiger partial charge in [0.2, 0.25) is 0 Å². The first-order valence-electron chi connectivity index (χ1n) is 10.5. The van der Waals surface area contributed by atoms with Gasteiger partial charge in [0.15, 0.2) is 5.82 Å². The molecule has 0 radical (unpaired) electrons. The molecular formula is C22H28N6O. The van der Waals surface area contributed by atoms with Gasteiger partial charge in [-0.25, -0.2) is 15.0 Å². The largest absolute Gasteiger partial charge is 0.377 e. The molecule has 5 rings (SSSR count). The molecule has 7 heteroatoms. The van der Waals surface area contributed by atoms with Crippen LogP contribution >= 0.6 is 0 Å². The minimum absolute atomic E-state index is 0.307. The number of nitrogens with one attached hydrogen (secondary N) is 1. The Labute approximate surface area is 171 Å². The lowest BCUT2D eigenvalue weighted by molar-refractivity contribution is 0.0985. The molecule has 2 aliphatic rings. The summed E-state index contributed by atoms with van der Waals surface area (Å²) in [6.07, 6.45) is 6.03. The lowest BCUT2D eigenvalue weighted by atomic mass is 9.93. The topological polar surface area (TPSA) is 70.2 Å². The third-order valence-corrected chi connectivity index (χ3v) is 6.23. The summed E-state index contributed by atoms with van der Waals surface area (Å²) in [4.78, 5) is 22.5. The van der Waals surface area contributed by atoms with E-state index in [9.17, 15) is 0 Å². The summed E-state index contributed by atoms with van der Waals surface area (Å²) < 4.78 is 5.65. The van der Waals surface area contributed by atoms with Gasteiger partial charge < -0.3 is 19.5 Å². The molecule has 152 valence electrons. The van der Waals surface area contributed by atoms with Crippen LogP contribution in [0.5, 0.6) is 0 Å². The van der Waals surface area contributed by atoms with Crippen LogP contribution in [0, 0.1) is 0 Å². The van der Waals surface area contributed by atoms with Gasteiger partial charge in [0.25, 0.3) is 0 Å². The number of piperidine rings is 1. The van der Waals surface area contributed by atoms with E-state index in [1.807, 2.05) is 18.5 Å². The number of anilines is 1. The predicted octanol–water partition coefficient (Wildman–Crippen LogP) is 3.05. The molecule has 3 aromatic rings. The van der Waals surface area contributed by atoms with Crippen LogP contribution in [0.15, 0.2) is 30.6 Å². The van der Waals surface area contributed by atoms with Gasteiger partial charge in [-0.2, -0.15) is 0 Å². The van der Waals surface area contributed by atoms with Gasteiger partial charge in [0, 0.05) is 47.6 Å². The Morgan fingerprint density at radius 3 is 2.83 bits per heavy atom. The molecule has 29 heavy (non-hydrogen) atoms. The molecule has 2 aliphatic heterocycles. The van der Waals surface area contributed by atoms with Crippen LogP contribution in [-0.2, 0) is 4.74 Å². The van der Waals surface area contributed by atoms with Crippen molar-refractivity contribution in [2.75, 3.05) is 44.8 Å². The second-order valence-corrected chi connectivity index (χ2v) is 8.27. The molecule has 7 nitrogen and oxygen atoms in total. The first-order valence-corrected chi connectivity index (χ1v) is 10.5. The maximum atomic E-state index is 5.65. The third kappa shape index (κ3) is 3.60. The highest BCUT2D eigenvalue weighted by atomic mass is 16.5. The first-order chi connectivity index (χ1) is 14.2.